The molecular weight excluding hydrogens is 364 g/mol. The summed E-state index contributed by atoms with van der Waals surface area (Å²) in [6, 6.07) is 19.1. The maximum Gasteiger partial charge on any atom is 0.270 e. The molecule has 1 heterocycles. The van der Waals surface area contributed by atoms with Gasteiger partial charge in [-0.25, -0.2) is 9.97 Å². The molecule has 0 aliphatic heterocycles. The third kappa shape index (κ3) is 4.90. The molecule has 1 aliphatic carbocycles. The van der Waals surface area contributed by atoms with Crippen LogP contribution in [-0.2, 0) is 0 Å². The number of carbonyl (C=O) groups excluding carboxylic acids is 1. The normalized spacial score (nSPS) is 13.8. The Bertz CT molecular complexity index is 985. The van der Waals surface area contributed by atoms with Crippen LogP contribution >= 0.6 is 0 Å². The molecule has 2 N–H and O–H groups in total. The number of benzene rings is 2. The first-order valence-corrected chi connectivity index (χ1v) is 9.93. The lowest BCUT2D eigenvalue weighted by Gasteiger charge is -2.14. The topological polar surface area (TPSA) is 76.1 Å². The molecule has 6 heteroatoms. The Morgan fingerprint density at radius 1 is 1.00 bits per heavy atom. The number of nitrogens with one attached hydrogen (secondary N) is 2. The van der Waals surface area contributed by atoms with Crippen molar-refractivity contribution in [1.29, 1.82) is 0 Å². The van der Waals surface area contributed by atoms with Gasteiger partial charge in [0, 0.05) is 12.1 Å². The van der Waals surface area contributed by atoms with Crippen LogP contribution in [0.3, 0.4) is 0 Å². The van der Waals surface area contributed by atoms with Crippen LogP contribution < -0.4 is 15.4 Å². The fourth-order valence-electron chi connectivity index (χ4n) is 3.49. The largest absolute Gasteiger partial charge is 0.455 e. The molecule has 1 fully saturated rings. The second-order valence-corrected chi connectivity index (χ2v) is 7.18. The third-order valence-corrected chi connectivity index (χ3v) is 4.88. The number of aryl methyl sites for hydroxylation is 1. The van der Waals surface area contributed by atoms with Gasteiger partial charge in [-0.3, -0.25) is 4.79 Å². The third-order valence-electron chi connectivity index (χ3n) is 4.88. The molecule has 0 atom stereocenters. The lowest BCUT2D eigenvalue weighted by Crippen LogP contribution is -2.33. The quantitative estimate of drug-likeness (QED) is 0.622. The average Bonchev–Trinajstić information content (AvgIpc) is 3.23. The van der Waals surface area contributed by atoms with Crippen LogP contribution in [0.5, 0.6) is 11.5 Å². The summed E-state index contributed by atoms with van der Waals surface area (Å²) in [5.41, 5.74) is 1.13. The number of carbonyl (C=O) groups is 1. The summed E-state index contributed by atoms with van der Waals surface area (Å²) >= 11 is 0. The molecule has 6 nitrogen and oxygen atoms in total. The van der Waals surface area contributed by atoms with E-state index < -0.39 is 0 Å². The Hall–Kier alpha value is -3.41. The molecule has 4 rings (SSSR count). The number of nitrogens with zero attached hydrogens (tertiary/aromatic N) is 2. The monoisotopic (exact) mass is 388 g/mol. The molecule has 0 bridgehead atoms. The highest BCUT2D eigenvalue weighted by atomic mass is 16.5. The standard InChI is InChI=1S/C23H24N4O2/c1-16-24-20(23(28)26-17-9-5-6-10-17)15-22(25-16)27-19-13-7-8-14-21(19)29-18-11-3-2-4-12-18/h2-4,7-8,11-15,17H,5-6,9-10H2,1H3,(H,26,28)(H,24,25,27). The van der Waals surface area contributed by atoms with Crippen LogP contribution in [0.1, 0.15) is 42.0 Å². The number of rotatable bonds is 6. The fourth-order valence-corrected chi connectivity index (χ4v) is 3.49. The molecule has 0 radical (unpaired) electrons. The van der Waals surface area contributed by atoms with Gasteiger partial charge < -0.3 is 15.4 Å². The van der Waals surface area contributed by atoms with Crippen LogP contribution in [-0.4, -0.2) is 21.9 Å². The van der Waals surface area contributed by atoms with Gasteiger partial charge in [0.25, 0.3) is 5.91 Å². The summed E-state index contributed by atoms with van der Waals surface area (Å²) in [5, 5.41) is 6.34. The molecule has 0 unspecified atom stereocenters. The van der Waals surface area contributed by atoms with Crippen molar-refractivity contribution in [3.8, 4) is 11.5 Å². The van der Waals surface area contributed by atoms with Crippen LogP contribution in [0, 0.1) is 6.92 Å². The Morgan fingerprint density at radius 3 is 2.52 bits per heavy atom. The minimum atomic E-state index is -0.153. The van der Waals surface area contributed by atoms with Gasteiger partial charge >= 0.3 is 0 Å². The van der Waals surface area contributed by atoms with E-state index in [9.17, 15) is 4.79 Å². The van der Waals surface area contributed by atoms with E-state index in [2.05, 4.69) is 20.6 Å². The molecule has 1 aromatic heterocycles. The number of para-hydroxylation sites is 3. The van der Waals surface area contributed by atoms with E-state index in [4.69, 9.17) is 4.74 Å². The molecule has 1 aliphatic rings. The van der Waals surface area contributed by atoms with E-state index in [-0.39, 0.29) is 11.9 Å². The maximum absolute atomic E-state index is 12.6. The molecule has 2 aromatic carbocycles. The Balaban J connectivity index is 1.54. The minimum Gasteiger partial charge on any atom is -0.455 e. The van der Waals surface area contributed by atoms with Gasteiger partial charge in [0.1, 0.15) is 23.1 Å². The first-order valence-electron chi connectivity index (χ1n) is 9.93. The zero-order chi connectivity index (χ0) is 20.1. The number of aromatic nitrogens is 2. The van der Waals surface area contributed by atoms with Crippen molar-refractivity contribution in [2.75, 3.05) is 5.32 Å². The van der Waals surface area contributed by atoms with Crippen molar-refractivity contribution < 1.29 is 9.53 Å². The number of anilines is 2. The van der Waals surface area contributed by atoms with Crippen molar-refractivity contribution in [3.05, 3.63) is 72.2 Å². The number of hydrogen-bond donors (Lipinski definition) is 2. The Morgan fingerprint density at radius 2 is 1.72 bits per heavy atom. The highest BCUT2D eigenvalue weighted by molar-refractivity contribution is 5.93. The van der Waals surface area contributed by atoms with Gasteiger partial charge in [-0.05, 0) is 44.0 Å². The van der Waals surface area contributed by atoms with Crippen molar-refractivity contribution in [2.24, 2.45) is 0 Å². The average molecular weight is 388 g/mol. The van der Waals surface area contributed by atoms with Crippen LogP contribution in [0.2, 0.25) is 0 Å². The van der Waals surface area contributed by atoms with Crippen LogP contribution in [0.25, 0.3) is 0 Å². The van der Waals surface area contributed by atoms with Crippen molar-refractivity contribution in [1.82, 2.24) is 15.3 Å². The zero-order valence-corrected chi connectivity index (χ0v) is 16.4. The highest BCUT2D eigenvalue weighted by Gasteiger charge is 2.19. The van der Waals surface area contributed by atoms with E-state index in [0.717, 1.165) is 24.3 Å². The van der Waals surface area contributed by atoms with E-state index >= 15 is 0 Å². The highest BCUT2D eigenvalue weighted by Crippen LogP contribution is 2.31. The molecule has 3 aromatic rings. The summed E-state index contributed by atoms with van der Waals surface area (Å²) in [4.78, 5) is 21.4. The molecule has 148 valence electrons. The van der Waals surface area contributed by atoms with Crippen LogP contribution in [0.4, 0.5) is 11.5 Å². The van der Waals surface area contributed by atoms with Gasteiger partial charge in [-0.2, -0.15) is 0 Å². The molecular formula is C23H24N4O2. The predicted molar refractivity (Wildman–Crippen MR) is 113 cm³/mol. The fraction of sp³-hybridized carbons (Fsp3) is 0.261. The first-order chi connectivity index (χ1) is 14.2. The zero-order valence-electron chi connectivity index (χ0n) is 16.4. The van der Waals surface area contributed by atoms with Crippen molar-refractivity contribution in [3.63, 3.8) is 0 Å². The Kier molecular flexibility index (Phi) is 5.70. The molecule has 0 saturated heterocycles. The van der Waals surface area contributed by atoms with E-state index in [1.807, 2.05) is 54.6 Å². The molecule has 1 amide bonds. The van der Waals surface area contributed by atoms with Gasteiger partial charge in [-0.15, -0.1) is 0 Å². The lowest BCUT2D eigenvalue weighted by molar-refractivity contribution is 0.0932. The number of hydrogen-bond acceptors (Lipinski definition) is 5. The number of ether oxygens (including phenoxy) is 1. The lowest BCUT2D eigenvalue weighted by atomic mass is 10.2. The maximum atomic E-state index is 12.6. The van der Waals surface area contributed by atoms with Crippen molar-refractivity contribution >= 4 is 17.4 Å². The smallest absolute Gasteiger partial charge is 0.270 e. The molecule has 1 saturated carbocycles. The summed E-state index contributed by atoms with van der Waals surface area (Å²) in [5.74, 6) is 2.36. The van der Waals surface area contributed by atoms with Gasteiger partial charge in [-0.1, -0.05) is 43.2 Å². The summed E-state index contributed by atoms with van der Waals surface area (Å²) in [7, 11) is 0. The predicted octanol–water partition coefficient (Wildman–Crippen LogP) is 4.99. The minimum absolute atomic E-state index is 0.153. The molecule has 29 heavy (non-hydrogen) atoms. The van der Waals surface area contributed by atoms with Crippen molar-refractivity contribution in [2.45, 2.75) is 38.6 Å². The van der Waals surface area contributed by atoms with E-state index in [0.29, 0.717) is 23.1 Å². The van der Waals surface area contributed by atoms with Gasteiger partial charge in [0.05, 0.1) is 5.69 Å². The Labute approximate surface area is 170 Å². The summed E-state index contributed by atoms with van der Waals surface area (Å²) < 4.78 is 5.99. The summed E-state index contributed by atoms with van der Waals surface area (Å²) in [6.07, 6.45) is 4.40. The first kappa shape index (κ1) is 18.9. The number of amides is 1. The van der Waals surface area contributed by atoms with Gasteiger partial charge in [0.2, 0.25) is 0 Å². The summed E-state index contributed by atoms with van der Waals surface area (Å²) in [6.45, 7) is 1.78. The van der Waals surface area contributed by atoms with E-state index in [1.54, 1.807) is 13.0 Å². The van der Waals surface area contributed by atoms with Crippen LogP contribution in [0.15, 0.2) is 60.7 Å². The SMILES string of the molecule is Cc1nc(Nc2ccccc2Oc2ccccc2)cc(C(=O)NC2CCCC2)n1. The van der Waals surface area contributed by atoms with Gasteiger partial charge in [0.15, 0.2) is 5.75 Å². The van der Waals surface area contributed by atoms with E-state index in [1.165, 1.54) is 12.8 Å². The second-order valence-electron chi connectivity index (χ2n) is 7.18. The second kappa shape index (κ2) is 8.73. The molecule has 0 spiro atoms.